The van der Waals surface area contributed by atoms with Gasteiger partial charge in [0.2, 0.25) is 11.7 Å². The summed E-state index contributed by atoms with van der Waals surface area (Å²) in [7, 11) is 0.853. The lowest BCUT2D eigenvalue weighted by molar-refractivity contribution is -0.274. The van der Waals surface area contributed by atoms with Crippen LogP contribution in [-0.4, -0.2) is 26.6 Å². The summed E-state index contributed by atoms with van der Waals surface area (Å²) in [6.07, 6.45) is -9.74. The largest absolute Gasteiger partial charge is 0.573 e. The van der Waals surface area contributed by atoms with Crippen molar-refractivity contribution in [1.29, 1.82) is 0 Å². The highest BCUT2D eigenvalue weighted by molar-refractivity contribution is 5.90. The van der Waals surface area contributed by atoms with Crippen molar-refractivity contribution in [3.63, 3.8) is 0 Å². The molecule has 0 spiro atoms. The number of benzene rings is 1. The van der Waals surface area contributed by atoms with Crippen molar-refractivity contribution in [1.82, 2.24) is 14.3 Å². The molecule has 1 aromatic heterocycles. The van der Waals surface area contributed by atoms with E-state index in [1.807, 2.05) is 0 Å². The van der Waals surface area contributed by atoms with Gasteiger partial charge < -0.3 is 10.1 Å². The third kappa shape index (κ3) is 4.77. The Labute approximate surface area is 140 Å². The van der Waals surface area contributed by atoms with E-state index in [0.29, 0.717) is 4.68 Å². The first kappa shape index (κ1) is 19.3. The molecule has 7 nitrogen and oxygen atoms in total. The molecule has 0 radical (unpaired) electrons. The highest BCUT2D eigenvalue weighted by atomic mass is 19.4. The Hall–Kier alpha value is -2.99. The highest BCUT2D eigenvalue weighted by Crippen LogP contribution is 2.26. The minimum Gasteiger partial charge on any atom is -0.406 e. The van der Waals surface area contributed by atoms with Gasteiger partial charge in [0.05, 0.1) is 0 Å². The van der Waals surface area contributed by atoms with Gasteiger partial charge in [-0.25, -0.2) is 9.48 Å². The highest BCUT2D eigenvalue weighted by Gasteiger charge is 2.38. The molecule has 1 amide bonds. The third-order valence-corrected chi connectivity index (χ3v) is 2.96. The molecule has 0 aliphatic carbocycles. The lowest BCUT2D eigenvalue weighted by atomic mass is 10.3. The van der Waals surface area contributed by atoms with Crippen LogP contribution in [0.1, 0.15) is 5.82 Å². The van der Waals surface area contributed by atoms with Crippen LogP contribution in [-0.2, 0) is 24.6 Å². The number of rotatable bonds is 4. The Balaban J connectivity index is 2.07. The summed E-state index contributed by atoms with van der Waals surface area (Å²) in [5, 5.41) is 5.26. The second-order valence-electron chi connectivity index (χ2n) is 4.94. The quantitative estimate of drug-likeness (QED) is 0.820. The zero-order valence-electron chi connectivity index (χ0n) is 12.9. The van der Waals surface area contributed by atoms with E-state index in [0.717, 1.165) is 31.3 Å². The fourth-order valence-electron chi connectivity index (χ4n) is 1.91. The van der Waals surface area contributed by atoms with Gasteiger partial charge in [-0.3, -0.25) is 9.36 Å². The van der Waals surface area contributed by atoms with Crippen molar-refractivity contribution >= 4 is 11.6 Å². The van der Waals surface area contributed by atoms with Crippen LogP contribution in [0.3, 0.4) is 0 Å². The number of hydrogen-bond donors (Lipinski definition) is 1. The van der Waals surface area contributed by atoms with Crippen LogP contribution < -0.4 is 15.7 Å². The minimum atomic E-state index is -4.87. The molecule has 0 aliphatic rings. The summed E-state index contributed by atoms with van der Waals surface area (Å²) in [5.74, 6) is -2.89. The SMILES string of the molecule is Cn1c(C(F)(F)F)nn(CC(=O)Nc2ccc(OC(F)(F)F)cc2)c1=O. The molecule has 0 saturated carbocycles. The molecule has 0 bridgehead atoms. The van der Waals surface area contributed by atoms with Gasteiger partial charge in [0.25, 0.3) is 0 Å². The Morgan fingerprint density at radius 3 is 2.19 bits per heavy atom. The van der Waals surface area contributed by atoms with Crippen molar-refractivity contribution in [2.45, 2.75) is 19.1 Å². The van der Waals surface area contributed by atoms with E-state index in [1.54, 1.807) is 0 Å². The number of alkyl halides is 6. The van der Waals surface area contributed by atoms with Gasteiger partial charge in [-0.1, -0.05) is 0 Å². The number of nitrogens with zero attached hydrogens (tertiary/aromatic N) is 3. The zero-order valence-corrected chi connectivity index (χ0v) is 12.9. The van der Waals surface area contributed by atoms with Crippen LogP contribution in [0.2, 0.25) is 0 Å². The number of ether oxygens (including phenoxy) is 1. The monoisotopic (exact) mass is 384 g/mol. The smallest absolute Gasteiger partial charge is 0.406 e. The number of carbonyl (C=O) groups excluding carboxylic acids is 1. The molecular formula is C13H10F6N4O3. The maximum atomic E-state index is 12.7. The summed E-state index contributed by atoms with van der Waals surface area (Å²) >= 11 is 0. The van der Waals surface area contributed by atoms with E-state index >= 15 is 0 Å². The van der Waals surface area contributed by atoms with Gasteiger partial charge in [-0.2, -0.15) is 13.2 Å². The lowest BCUT2D eigenvalue weighted by Crippen LogP contribution is -2.29. The summed E-state index contributed by atoms with van der Waals surface area (Å²) in [6.45, 7) is -0.816. The van der Waals surface area contributed by atoms with Crippen LogP contribution in [0, 0.1) is 0 Å². The van der Waals surface area contributed by atoms with Crippen LogP contribution in [0.4, 0.5) is 32.0 Å². The molecular weight excluding hydrogens is 374 g/mol. The molecule has 13 heteroatoms. The van der Waals surface area contributed by atoms with Crippen molar-refractivity contribution in [3.8, 4) is 5.75 Å². The number of amides is 1. The van der Waals surface area contributed by atoms with Gasteiger partial charge >= 0.3 is 18.2 Å². The Kier molecular flexibility index (Phi) is 5.00. The number of halogens is 6. The summed E-state index contributed by atoms with van der Waals surface area (Å²) in [5.41, 5.74) is -1.11. The maximum absolute atomic E-state index is 12.7. The number of anilines is 1. The molecule has 0 saturated heterocycles. The molecule has 1 aromatic carbocycles. The lowest BCUT2D eigenvalue weighted by Gasteiger charge is -2.09. The number of aromatic nitrogens is 3. The predicted molar refractivity (Wildman–Crippen MR) is 74.2 cm³/mol. The maximum Gasteiger partial charge on any atom is 0.573 e. The third-order valence-electron chi connectivity index (χ3n) is 2.96. The van der Waals surface area contributed by atoms with E-state index in [9.17, 15) is 35.9 Å². The van der Waals surface area contributed by atoms with Crippen LogP contribution in [0.5, 0.6) is 5.75 Å². The normalized spacial score (nSPS) is 12.1. The average Bonchev–Trinajstić information content (AvgIpc) is 2.76. The van der Waals surface area contributed by atoms with E-state index in [1.165, 1.54) is 0 Å². The molecule has 142 valence electrons. The second kappa shape index (κ2) is 6.72. The van der Waals surface area contributed by atoms with Gasteiger partial charge in [-0.15, -0.1) is 18.3 Å². The van der Waals surface area contributed by atoms with E-state index in [-0.39, 0.29) is 10.3 Å². The van der Waals surface area contributed by atoms with Crippen LogP contribution in [0.15, 0.2) is 29.1 Å². The summed E-state index contributed by atoms with van der Waals surface area (Å²) in [6, 6.07) is 4.03. The Bertz CT molecular complexity index is 851. The molecule has 1 N–H and O–H groups in total. The number of hydrogen-bond acceptors (Lipinski definition) is 4. The van der Waals surface area contributed by atoms with Gasteiger partial charge in [0, 0.05) is 12.7 Å². The van der Waals surface area contributed by atoms with E-state index in [2.05, 4.69) is 15.2 Å². The fraction of sp³-hybridized carbons (Fsp3) is 0.308. The van der Waals surface area contributed by atoms with Crippen molar-refractivity contribution in [3.05, 3.63) is 40.6 Å². The summed E-state index contributed by atoms with van der Waals surface area (Å²) in [4.78, 5) is 23.5. The van der Waals surface area contributed by atoms with Crippen LogP contribution in [0.25, 0.3) is 0 Å². The number of nitrogens with one attached hydrogen (secondary N) is 1. The standard InChI is InChI=1S/C13H10F6N4O3/c1-22-10(12(14,15)16)21-23(11(22)25)6-9(24)20-7-2-4-8(5-3-7)26-13(17,18)19/h2-5H,6H2,1H3,(H,20,24). The first-order valence-corrected chi connectivity index (χ1v) is 6.73. The van der Waals surface area contributed by atoms with Crippen LogP contribution >= 0.6 is 0 Å². The fourth-order valence-corrected chi connectivity index (χ4v) is 1.91. The Morgan fingerprint density at radius 1 is 1.15 bits per heavy atom. The molecule has 0 atom stereocenters. The van der Waals surface area contributed by atoms with Gasteiger partial charge in [0.15, 0.2) is 0 Å². The topological polar surface area (TPSA) is 78.2 Å². The van der Waals surface area contributed by atoms with Crippen molar-refractivity contribution in [2.24, 2.45) is 7.05 Å². The molecule has 26 heavy (non-hydrogen) atoms. The first-order chi connectivity index (χ1) is 11.9. The predicted octanol–water partition coefficient (Wildman–Crippen LogP) is 2.14. The zero-order chi connectivity index (χ0) is 19.7. The minimum absolute atomic E-state index is 0.0459. The molecule has 2 aromatic rings. The summed E-state index contributed by atoms with van der Waals surface area (Å²) < 4.78 is 78.3. The van der Waals surface area contributed by atoms with Crippen molar-refractivity contribution < 1.29 is 35.9 Å². The van der Waals surface area contributed by atoms with Gasteiger partial charge in [-0.05, 0) is 24.3 Å². The number of carbonyl (C=O) groups is 1. The molecule has 0 unspecified atom stereocenters. The Morgan fingerprint density at radius 2 is 1.73 bits per heavy atom. The van der Waals surface area contributed by atoms with E-state index < -0.39 is 42.3 Å². The molecule has 2 rings (SSSR count). The van der Waals surface area contributed by atoms with E-state index in [4.69, 9.17) is 0 Å². The molecule has 0 aliphatic heterocycles. The average molecular weight is 384 g/mol. The van der Waals surface area contributed by atoms with Crippen molar-refractivity contribution in [2.75, 3.05) is 5.32 Å². The molecule has 1 heterocycles. The van der Waals surface area contributed by atoms with Gasteiger partial charge in [0.1, 0.15) is 12.3 Å². The molecule has 0 fully saturated rings. The second-order valence-corrected chi connectivity index (χ2v) is 4.94. The first-order valence-electron chi connectivity index (χ1n) is 6.73.